The molecule has 0 amide bonds. The molecule has 0 saturated heterocycles. The Balaban J connectivity index is 2.35. The number of hydrogen-bond donors (Lipinski definition) is 1. The molecule has 0 aliphatic heterocycles. The fourth-order valence-electron chi connectivity index (χ4n) is 2.18. The zero-order chi connectivity index (χ0) is 14.8. The smallest absolute Gasteiger partial charge is 0.122 e. The van der Waals surface area contributed by atoms with E-state index in [-0.39, 0.29) is 0 Å². The van der Waals surface area contributed by atoms with Gasteiger partial charge in [0.25, 0.3) is 0 Å². The highest BCUT2D eigenvalue weighted by Gasteiger charge is 2.25. The van der Waals surface area contributed by atoms with Gasteiger partial charge in [0, 0.05) is 15.9 Å². The molecule has 0 bridgehead atoms. The van der Waals surface area contributed by atoms with E-state index in [9.17, 15) is 5.11 Å². The van der Waals surface area contributed by atoms with Crippen LogP contribution in [0.15, 0.2) is 46.9 Å². The van der Waals surface area contributed by atoms with Crippen molar-refractivity contribution < 1.29 is 9.84 Å². The number of benzene rings is 2. The average Bonchev–Trinajstić information content (AvgIpc) is 2.38. The second kappa shape index (κ2) is 6.17. The summed E-state index contributed by atoms with van der Waals surface area (Å²) in [6.45, 7) is 1.78. The maximum absolute atomic E-state index is 10.7. The summed E-state index contributed by atoms with van der Waals surface area (Å²) < 4.78 is 6.30. The molecule has 4 heteroatoms. The van der Waals surface area contributed by atoms with Crippen LogP contribution in [0, 0.1) is 0 Å². The van der Waals surface area contributed by atoms with E-state index >= 15 is 0 Å². The van der Waals surface area contributed by atoms with Crippen molar-refractivity contribution in [1.29, 1.82) is 0 Å². The summed E-state index contributed by atoms with van der Waals surface area (Å²) in [5.41, 5.74) is 0.706. The Kier molecular flexibility index (Phi) is 4.74. The Hall–Kier alpha value is -1.03. The molecule has 106 valence electrons. The van der Waals surface area contributed by atoms with Crippen LogP contribution in [0.3, 0.4) is 0 Å². The molecular formula is C16H16BrClO2. The summed E-state index contributed by atoms with van der Waals surface area (Å²) in [5.74, 6) is 0.760. The molecule has 2 rings (SSSR count). The highest BCUT2D eigenvalue weighted by Crippen LogP contribution is 2.32. The van der Waals surface area contributed by atoms with Crippen molar-refractivity contribution in [3.05, 3.63) is 63.1 Å². The zero-order valence-corrected chi connectivity index (χ0v) is 13.7. The molecule has 2 aromatic carbocycles. The minimum atomic E-state index is -1.01. The number of aliphatic hydroxyl groups is 1. The molecule has 1 atom stereocenters. The van der Waals surface area contributed by atoms with Gasteiger partial charge in [-0.15, -0.1) is 0 Å². The van der Waals surface area contributed by atoms with Gasteiger partial charge in [-0.2, -0.15) is 0 Å². The molecule has 1 unspecified atom stereocenters. The van der Waals surface area contributed by atoms with Crippen molar-refractivity contribution in [1.82, 2.24) is 0 Å². The van der Waals surface area contributed by atoms with Crippen LogP contribution in [0.4, 0.5) is 0 Å². The summed E-state index contributed by atoms with van der Waals surface area (Å²) in [5, 5.41) is 11.4. The number of methoxy groups -OCH3 is 1. The molecule has 0 aromatic heterocycles. The molecule has 0 radical (unpaired) electrons. The summed E-state index contributed by atoms with van der Waals surface area (Å²) in [4.78, 5) is 0. The zero-order valence-electron chi connectivity index (χ0n) is 11.4. The number of hydrogen-bond acceptors (Lipinski definition) is 2. The molecule has 2 nitrogen and oxygen atoms in total. The molecule has 0 heterocycles. The third kappa shape index (κ3) is 3.54. The first-order chi connectivity index (χ1) is 9.42. The molecule has 1 N–H and O–H groups in total. The standard InChI is InChI=1S/C16H16BrClO2/c1-16(19,12-4-3-5-14(18)9-12)10-11-8-13(17)6-7-15(11)20-2/h3-9,19H,10H2,1-2H3. The largest absolute Gasteiger partial charge is 0.496 e. The third-order valence-corrected chi connectivity index (χ3v) is 3.95. The van der Waals surface area contributed by atoms with Gasteiger partial charge in [0.05, 0.1) is 12.7 Å². The van der Waals surface area contributed by atoms with Crippen LogP contribution in [0.2, 0.25) is 5.02 Å². The summed E-state index contributed by atoms with van der Waals surface area (Å²) in [6, 6.07) is 13.0. The summed E-state index contributed by atoms with van der Waals surface area (Å²) in [7, 11) is 1.63. The first kappa shape index (κ1) is 15.4. The van der Waals surface area contributed by atoms with Crippen LogP contribution < -0.4 is 4.74 Å². The molecular weight excluding hydrogens is 340 g/mol. The number of ether oxygens (including phenoxy) is 1. The summed E-state index contributed by atoms with van der Waals surface area (Å²) >= 11 is 9.44. The molecule has 2 aromatic rings. The highest BCUT2D eigenvalue weighted by molar-refractivity contribution is 9.10. The van der Waals surface area contributed by atoms with Crippen LogP contribution in [-0.4, -0.2) is 12.2 Å². The predicted octanol–water partition coefficient (Wildman–Crippen LogP) is 4.56. The second-order valence-corrected chi connectivity index (χ2v) is 6.27. The van der Waals surface area contributed by atoms with E-state index in [1.54, 1.807) is 26.2 Å². The van der Waals surface area contributed by atoms with Crippen LogP contribution in [0.25, 0.3) is 0 Å². The maximum Gasteiger partial charge on any atom is 0.122 e. The van der Waals surface area contributed by atoms with E-state index in [0.717, 1.165) is 21.3 Å². The maximum atomic E-state index is 10.7. The Labute approximate surface area is 132 Å². The second-order valence-electron chi connectivity index (χ2n) is 4.92. The van der Waals surface area contributed by atoms with Crippen molar-refractivity contribution in [2.45, 2.75) is 18.9 Å². The molecule has 0 saturated carbocycles. The monoisotopic (exact) mass is 354 g/mol. The number of rotatable bonds is 4. The van der Waals surface area contributed by atoms with Crippen molar-refractivity contribution in [3.8, 4) is 5.75 Å². The molecule has 0 aliphatic rings. The highest BCUT2D eigenvalue weighted by atomic mass is 79.9. The van der Waals surface area contributed by atoms with Gasteiger partial charge in [-0.05, 0) is 48.4 Å². The lowest BCUT2D eigenvalue weighted by atomic mass is 9.89. The van der Waals surface area contributed by atoms with Crippen molar-refractivity contribution in [2.24, 2.45) is 0 Å². The molecule has 20 heavy (non-hydrogen) atoms. The SMILES string of the molecule is COc1ccc(Br)cc1CC(C)(O)c1cccc(Cl)c1. The lowest BCUT2D eigenvalue weighted by molar-refractivity contribution is 0.0569. The topological polar surface area (TPSA) is 29.5 Å². The van der Waals surface area contributed by atoms with E-state index < -0.39 is 5.60 Å². The van der Waals surface area contributed by atoms with Gasteiger partial charge in [-0.25, -0.2) is 0 Å². The van der Waals surface area contributed by atoms with Gasteiger partial charge in [-0.3, -0.25) is 0 Å². The van der Waals surface area contributed by atoms with E-state index in [1.807, 2.05) is 30.3 Å². The van der Waals surface area contributed by atoms with Gasteiger partial charge in [0.2, 0.25) is 0 Å². The Morgan fingerprint density at radius 3 is 2.65 bits per heavy atom. The van der Waals surface area contributed by atoms with Gasteiger partial charge < -0.3 is 9.84 Å². The minimum Gasteiger partial charge on any atom is -0.496 e. The first-order valence-electron chi connectivity index (χ1n) is 6.23. The quantitative estimate of drug-likeness (QED) is 0.871. The number of halogens is 2. The van der Waals surface area contributed by atoms with Crippen LogP contribution in [0.5, 0.6) is 5.75 Å². The van der Waals surface area contributed by atoms with Crippen molar-refractivity contribution in [2.75, 3.05) is 7.11 Å². The van der Waals surface area contributed by atoms with Crippen LogP contribution >= 0.6 is 27.5 Å². The minimum absolute atomic E-state index is 0.440. The van der Waals surface area contributed by atoms with Gasteiger partial charge in [0.1, 0.15) is 5.75 Å². The summed E-state index contributed by atoms with van der Waals surface area (Å²) in [6.07, 6.45) is 0.440. The van der Waals surface area contributed by atoms with Crippen molar-refractivity contribution in [3.63, 3.8) is 0 Å². The van der Waals surface area contributed by atoms with Gasteiger partial charge >= 0.3 is 0 Å². The van der Waals surface area contributed by atoms with Gasteiger partial charge in [0.15, 0.2) is 0 Å². The Morgan fingerprint density at radius 2 is 2.00 bits per heavy atom. The fraction of sp³-hybridized carbons (Fsp3) is 0.250. The normalized spacial score (nSPS) is 13.8. The van der Waals surface area contributed by atoms with E-state index in [0.29, 0.717) is 11.4 Å². The predicted molar refractivity (Wildman–Crippen MR) is 85.4 cm³/mol. The average molecular weight is 356 g/mol. The first-order valence-corrected chi connectivity index (χ1v) is 7.40. The third-order valence-electron chi connectivity index (χ3n) is 3.22. The lowest BCUT2D eigenvalue weighted by Gasteiger charge is -2.25. The van der Waals surface area contributed by atoms with Crippen LogP contribution in [-0.2, 0) is 12.0 Å². The van der Waals surface area contributed by atoms with E-state index in [1.165, 1.54) is 0 Å². The fourth-order valence-corrected chi connectivity index (χ4v) is 2.78. The van der Waals surface area contributed by atoms with E-state index in [2.05, 4.69) is 15.9 Å². The molecule has 0 aliphatic carbocycles. The Morgan fingerprint density at radius 1 is 1.25 bits per heavy atom. The lowest BCUT2D eigenvalue weighted by Crippen LogP contribution is -2.24. The molecule has 0 spiro atoms. The van der Waals surface area contributed by atoms with Gasteiger partial charge in [-0.1, -0.05) is 39.7 Å². The Bertz CT molecular complexity index is 611. The van der Waals surface area contributed by atoms with Crippen molar-refractivity contribution >= 4 is 27.5 Å². The van der Waals surface area contributed by atoms with E-state index in [4.69, 9.17) is 16.3 Å². The van der Waals surface area contributed by atoms with Crippen LogP contribution in [0.1, 0.15) is 18.1 Å². The molecule has 0 fully saturated rings.